The Balaban J connectivity index is 1.66. The van der Waals surface area contributed by atoms with Gasteiger partial charge in [-0.3, -0.25) is 4.79 Å². The molecular weight excluding hydrogens is 445 g/mol. The molecular formula is C21H21Cl2N3O3S. The molecule has 0 saturated carbocycles. The number of carbonyl (C=O) groups is 1. The number of nitrogens with one attached hydrogen (secondary N) is 1. The molecule has 0 spiro atoms. The fraction of sp³-hybridized carbons (Fsp3) is 0.286. The Kier molecular flexibility index (Phi) is 7.64. The van der Waals surface area contributed by atoms with E-state index in [1.807, 2.05) is 32.0 Å². The van der Waals surface area contributed by atoms with Crippen molar-refractivity contribution in [3.05, 3.63) is 57.6 Å². The van der Waals surface area contributed by atoms with Crippen LogP contribution in [0.3, 0.4) is 0 Å². The Bertz CT molecular complexity index is 995. The van der Waals surface area contributed by atoms with Gasteiger partial charge in [-0.25, -0.2) is 0 Å². The van der Waals surface area contributed by atoms with E-state index < -0.39 is 0 Å². The quantitative estimate of drug-likeness (QED) is 0.463. The summed E-state index contributed by atoms with van der Waals surface area (Å²) in [6.07, 6.45) is 2.08. The van der Waals surface area contributed by atoms with Crippen LogP contribution in [0.5, 0.6) is 11.5 Å². The molecule has 1 atom stereocenters. The van der Waals surface area contributed by atoms with E-state index in [9.17, 15) is 4.79 Å². The van der Waals surface area contributed by atoms with Crippen LogP contribution in [0.25, 0.3) is 0 Å². The van der Waals surface area contributed by atoms with E-state index in [1.54, 1.807) is 31.5 Å². The van der Waals surface area contributed by atoms with E-state index in [4.69, 9.17) is 32.7 Å². The molecule has 1 N–H and O–H groups in total. The average molecular weight is 466 g/mol. The van der Waals surface area contributed by atoms with Crippen molar-refractivity contribution >= 4 is 52.3 Å². The maximum absolute atomic E-state index is 12.3. The van der Waals surface area contributed by atoms with Crippen LogP contribution in [0.15, 0.2) is 46.6 Å². The molecule has 1 aliphatic rings. The molecule has 0 aromatic heterocycles. The molecule has 1 fully saturated rings. The first kappa shape index (κ1) is 22.5. The smallest absolute Gasteiger partial charge is 0.239 e. The molecule has 1 unspecified atom stereocenters. The number of hydrogen-bond donors (Lipinski definition) is 1. The van der Waals surface area contributed by atoms with Crippen molar-refractivity contribution in [1.29, 1.82) is 0 Å². The standard InChI is InChI=1S/C21H21Cl2N3O3S/c1-12(2)29-17-7-4-13(8-18(17)28-3)11-24-26-21-25-20(27)19(30-21)10-14-9-15(22)5-6-16(14)23/h4-9,11-12,19H,10H2,1-3H3,(H,25,26,27)/b24-11+. The number of rotatable bonds is 7. The van der Waals surface area contributed by atoms with Gasteiger partial charge in [0.25, 0.3) is 0 Å². The number of benzene rings is 2. The van der Waals surface area contributed by atoms with Gasteiger partial charge < -0.3 is 14.8 Å². The van der Waals surface area contributed by atoms with E-state index in [0.717, 1.165) is 11.1 Å². The minimum Gasteiger partial charge on any atom is -0.493 e. The van der Waals surface area contributed by atoms with Crippen molar-refractivity contribution < 1.29 is 14.3 Å². The van der Waals surface area contributed by atoms with Crippen LogP contribution >= 0.6 is 35.0 Å². The SMILES string of the molecule is COc1cc(/C=N/N=C2\NC(=O)C(Cc3cc(Cl)ccc3Cl)S2)ccc1OC(C)C. The van der Waals surface area contributed by atoms with E-state index >= 15 is 0 Å². The molecule has 0 radical (unpaired) electrons. The molecule has 1 amide bonds. The topological polar surface area (TPSA) is 72.3 Å². The summed E-state index contributed by atoms with van der Waals surface area (Å²) in [6.45, 7) is 3.90. The van der Waals surface area contributed by atoms with E-state index in [-0.39, 0.29) is 17.3 Å². The summed E-state index contributed by atoms with van der Waals surface area (Å²) >= 11 is 13.5. The number of amides is 1. The molecule has 2 aromatic carbocycles. The van der Waals surface area contributed by atoms with Crippen LogP contribution in [0.4, 0.5) is 0 Å². The van der Waals surface area contributed by atoms with Crippen molar-refractivity contribution in [3.8, 4) is 11.5 Å². The summed E-state index contributed by atoms with van der Waals surface area (Å²) in [5.74, 6) is 1.14. The van der Waals surface area contributed by atoms with Crippen LogP contribution in [-0.2, 0) is 11.2 Å². The summed E-state index contributed by atoms with van der Waals surface area (Å²) < 4.78 is 11.1. The number of carbonyl (C=O) groups excluding carboxylic acids is 1. The van der Waals surface area contributed by atoms with Gasteiger partial charge in [0.2, 0.25) is 5.91 Å². The lowest BCUT2D eigenvalue weighted by Crippen LogP contribution is -2.26. The number of amidine groups is 1. The summed E-state index contributed by atoms with van der Waals surface area (Å²) in [5, 5.41) is 12.2. The first-order valence-electron chi connectivity index (χ1n) is 9.23. The molecule has 158 valence electrons. The molecule has 0 bridgehead atoms. The van der Waals surface area contributed by atoms with Crippen LogP contribution in [-0.4, -0.2) is 35.8 Å². The van der Waals surface area contributed by atoms with Crippen LogP contribution in [0.2, 0.25) is 10.0 Å². The highest BCUT2D eigenvalue weighted by molar-refractivity contribution is 8.15. The number of halogens is 2. The maximum atomic E-state index is 12.3. The molecule has 30 heavy (non-hydrogen) atoms. The number of nitrogens with zero attached hydrogens (tertiary/aromatic N) is 2. The van der Waals surface area contributed by atoms with Gasteiger partial charge in [-0.05, 0) is 67.8 Å². The average Bonchev–Trinajstić information content (AvgIpc) is 3.04. The Morgan fingerprint density at radius 3 is 2.73 bits per heavy atom. The Labute approximate surface area is 189 Å². The number of ether oxygens (including phenoxy) is 2. The lowest BCUT2D eigenvalue weighted by molar-refractivity contribution is -0.118. The van der Waals surface area contributed by atoms with Crippen LogP contribution in [0, 0.1) is 0 Å². The first-order valence-corrected chi connectivity index (χ1v) is 10.9. The Morgan fingerprint density at radius 1 is 1.20 bits per heavy atom. The predicted molar refractivity (Wildman–Crippen MR) is 123 cm³/mol. The zero-order chi connectivity index (χ0) is 21.7. The molecule has 1 aliphatic heterocycles. The van der Waals surface area contributed by atoms with Crippen molar-refractivity contribution in [3.63, 3.8) is 0 Å². The third-order valence-corrected chi connectivity index (χ3v) is 5.77. The minimum absolute atomic E-state index is 0.0440. The lowest BCUT2D eigenvalue weighted by atomic mass is 10.1. The van der Waals surface area contributed by atoms with Gasteiger partial charge in [0, 0.05) is 10.0 Å². The summed E-state index contributed by atoms with van der Waals surface area (Å²) in [6, 6.07) is 10.7. The van der Waals surface area contributed by atoms with Crippen LogP contribution in [0.1, 0.15) is 25.0 Å². The Hall–Kier alpha value is -2.22. The summed E-state index contributed by atoms with van der Waals surface area (Å²) in [7, 11) is 1.58. The molecule has 9 heteroatoms. The second-order valence-corrected chi connectivity index (χ2v) is 8.80. The number of thioether (sulfide) groups is 1. The minimum atomic E-state index is -0.345. The van der Waals surface area contributed by atoms with E-state index in [2.05, 4.69) is 15.5 Å². The number of hydrogen-bond acceptors (Lipinski definition) is 6. The molecule has 0 aliphatic carbocycles. The highest BCUT2D eigenvalue weighted by Crippen LogP contribution is 2.29. The molecule has 3 rings (SSSR count). The third kappa shape index (κ3) is 5.90. The second-order valence-electron chi connectivity index (χ2n) is 6.76. The fourth-order valence-electron chi connectivity index (χ4n) is 2.75. The second kappa shape index (κ2) is 10.2. The molecule has 1 saturated heterocycles. The normalized spacial score (nSPS) is 17.7. The first-order chi connectivity index (χ1) is 14.4. The largest absolute Gasteiger partial charge is 0.493 e. The third-order valence-electron chi connectivity index (χ3n) is 4.10. The number of methoxy groups -OCH3 is 1. The summed E-state index contributed by atoms with van der Waals surface area (Å²) in [5.41, 5.74) is 1.61. The zero-order valence-electron chi connectivity index (χ0n) is 16.7. The van der Waals surface area contributed by atoms with Crippen molar-refractivity contribution in [1.82, 2.24) is 5.32 Å². The van der Waals surface area contributed by atoms with Crippen molar-refractivity contribution in [2.75, 3.05) is 7.11 Å². The van der Waals surface area contributed by atoms with Gasteiger partial charge in [0.15, 0.2) is 16.7 Å². The zero-order valence-corrected chi connectivity index (χ0v) is 19.0. The van der Waals surface area contributed by atoms with Gasteiger partial charge in [-0.2, -0.15) is 5.10 Å². The maximum Gasteiger partial charge on any atom is 0.239 e. The highest BCUT2D eigenvalue weighted by atomic mass is 35.5. The van der Waals surface area contributed by atoms with Gasteiger partial charge in [-0.15, -0.1) is 5.10 Å². The highest BCUT2D eigenvalue weighted by Gasteiger charge is 2.31. The molecule has 6 nitrogen and oxygen atoms in total. The Morgan fingerprint density at radius 2 is 2.00 bits per heavy atom. The van der Waals surface area contributed by atoms with Gasteiger partial charge >= 0.3 is 0 Å². The van der Waals surface area contributed by atoms with Crippen LogP contribution < -0.4 is 14.8 Å². The monoisotopic (exact) mass is 465 g/mol. The summed E-state index contributed by atoms with van der Waals surface area (Å²) in [4.78, 5) is 12.3. The van der Waals surface area contributed by atoms with Crippen molar-refractivity contribution in [2.24, 2.45) is 10.2 Å². The molecule has 1 heterocycles. The van der Waals surface area contributed by atoms with Crippen molar-refractivity contribution in [2.45, 2.75) is 31.6 Å². The van der Waals surface area contributed by atoms with E-state index in [0.29, 0.717) is 33.1 Å². The van der Waals surface area contributed by atoms with Gasteiger partial charge in [0.05, 0.1) is 24.7 Å². The predicted octanol–water partition coefficient (Wildman–Crippen LogP) is 4.95. The van der Waals surface area contributed by atoms with Gasteiger partial charge in [-0.1, -0.05) is 35.0 Å². The van der Waals surface area contributed by atoms with E-state index in [1.165, 1.54) is 11.8 Å². The lowest BCUT2D eigenvalue weighted by Gasteiger charge is -2.13. The fourth-order valence-corrected chi connectivity index (χ4v) is 4.09. The molecule has 2 aromatic rings. The van der Waals surface area contributed by atoms with Gasteiger partial charge in [0.1, 0.15) is 0 Å².